The highest BCUT2D eigenvalue weighted by Crippen LogP contribution is 2.28. The summed E-state index contributed by atoms with van der Waals surface area (Å²) in [5.74, 6) is -1.48. The molecule has 1 amide bonds. The van der Waals surface area contributed by atoms with Gasteiger partial charge in [0.15, 0.2) is 0 Å². The van der Waals surface area contributed by atoms with E-state index in [4.69, 9.17) is 0 Å². The lowest BCUT2D eigenvalue weighted by Gasteiger charge is -2.33. The number of aliphatic carboxylic acids is 1. The molecule has 2 rings (SSSR count). The molecule has 1 aliphatic rings. The lowest BCUT2D eigenvalue weighted by atomic mass is 9.81. The molecule has 1 aromatic rings. The third-order valence-corrected chi connectivity index (χ3v) is 6.39. The zero-order valence-corrected chi connectivity index (χ0v) is 15.8. The Hall–Kier alpha value is -2.19. The number of nitrogens with zero attached hydrogens (tertiary/aromatic N) is 1. The van der Waals surface area contributed by atoms with Crippen LogP contribution < -0.4 is 5.32 Å². The maximum atomic E-state index is 12.1. The minimum Gasteiger partial charge on any atom is -0.480 e. The van der Waals surface area contributed by atoms with Gasteiger partial charge < -0.3 is 10.4 Å². The van der Waals surface area contributed by atoms with Gasteiger partial charge in [-0.05, 0) is 36.6 Å². The highest BCUT2D eigenvalue weighted by atomic mass is 32.2. The van der Waals surface area contributed by atoms with E-state index in [1.54, 1.807) is 12.1 Å². The number of amides is 1. The van der Waals surface area contributed by atoms with E-state index in [0.717, 1.165) is 23.6 Å². The Morgan fingerprint density at radius 3 is 2.19 bits per heavy atom. The van der Waals surface area contributed by atoms with Gasteiger partial charge in [-0.1, -0.05) is 31.4 Å². The summed E-state index contributed by atoms with van der Waals surface area (Å²) in [7, 11) is -0.586. The number of benzene rings is 1. The Morgan fingerprint density at radius 2 is 1.69 bits per heavy atom. The summed E-state index contributed by atoms with van der Waals surface area (Å²) in [6, 6.07) is 6.11. The SMILES string of the molecule is CN(C)S(=O)(=O)c1ccc(/C=C/C(=O)NC2(C(=O)O)CCCCC2)cc1. The number of rotatable bonds is 6. The molecule has 1 aliphatic carbocycles. The molecule has 0 radical (unpaired) electrons. The van der Waals surface area contributed by atoms with Gasteiger partial charge in [0, 0.05) is 20.2 Å². The molecule has 0 atom stereocenters. The van der Waals surface area contributed by atoms with E-state index in [1.807, 2.05) is 0 Å². The number of nitrogens with one attached hydrogen (secondary N) is 1. The van der Waals surface area contributed by atoms with Crippen LogP contribution in [0, 0.1) is 0 Å². The summed E-state index contributed by atoms with van der Waals surface area (Å²) in [6.45, 7) is 0. The Kier molecular flexibility index (Phi) is 6.20. The van der Waals surface area contributed by atoms with Crippen molar-refractivity contribution in [1.29, 1.82) is 0 Å². The third kappa shape index (κ3) is 4.50. The van der Waals surface area contributed by atoms with Crippen LogP contribution in [0.2, 0.25) is 0 Å². The fourth-order valence-electron chi connectivity index (χ4n) is 2.96. The van der Waals surface area contributed by atoms with Crippen molar-refractivity contribution in [3.8, 4) is 0 Å². The minimum atomic E-state index is -3.50. The summed E-state index contributed by atoms with van der Waals surface area (Å²) in [6.07, 6.45) is 6.19. The second kappa shape index (κ2) is 8.01. The number of hydrogen-bond acceptors (Lipinski definition) is 4. The van der Waals surface area contributed by atoms with Gasteiger partial charge in [0.25, 0.3) is 0 Å². The number of carboxylic acids is 1. The second-order valence-corrected chi connectivity index (χ2v) is 8.78. The summed E-state index contributed by atoms with van der Waals surface area (Å²) in [4.78, 5) is 23.9. The molecule has 26 heavy (non-hydrogen) atoms. The van der Waals surface area contributed by atoms with Gasteiger partial charge in [-0.15, -0.1) is 0 Å². The molecule has 0 saturated heterocycles. The van der Waals surface area contributed by atoms with Gasteiger partial charge in [-0.3, -0.25) is 4.79 Å². The Morgan fingerprint density at radius 1 is 1.12 bits per heavy atom. The number of carbonyl (C=O) groups excluding carboxylic acids is 1. The first-order chi connectivity index (χ1) is 12.2. The first kappa shape index (κ1) is 20.1. The molecule has 2 N–H and O–H groups in total. The smallest absolute Gasteiger partial charge is 0.329 e. The number of carboxylic acid groups (broad SMARTS) is 1. The van der Waals surface area contributed by atoms with Gasteiger partial charge in [0.1, 0.15) is 5.54 Å². The Labute approximate surface area is 153 Å². The van der Waals surface area contributed by atoms with Crippen molar-refractivity contribution >= 4 is 28.0 Å². The molecular formula is C18H24N2O5S. The second-order valence-electron chi connectivity index (χ2n) is 6.63. The molecule has 1 fully saturated rings. The van der Waals surface area contributed by atoms with E-state index < -0.39 is 27.4 Å². The average molecular weight is 380 g/mol. The highest BCUT2D eigenvalue weighted by Gasteiger charge is 2.40. The van der Waals surface area contributed by atoms with Gasteiger partial charge in [-0.25, -0.2) is 17.5 Å². The topological polar surface area (TPSA) is 104 Å². The molecule has 0 aliphatic heterocycles. The summed E-state index contributed by atoms with van der Waals surface area (Å²) < 4.78 is 25.2. The van der Waals surface area contributed by atoms with Crippen molar-refractivity contribution in [2.24, 2.45) is 0 Å². The minimum absolute atomic E-state index is 0.163. The first-order valence-electron chi connectivity index (χ1n) is 8.44. The van der Waals surface area contributed by atoms with Crippen molar-refractivity contribution in [2.75, 3.05) is 14.1 Å². The molecule has 8 heteroatoms. The van der Waals surface area contributed by atoms with Gasteiger partial charge in [-0.2, -0.15) is 0 Å². The van der Waals surface area contributed by atoms with Crippen LogP contribution in [-0.2, 0) is 19.6 Å². The molecule has 7 nitrogen and oxygen atoms in total. The maximum absolute atomic E-state index is 12.1. The molecule has 0 unspecified atom stereocenters. The zero-order valence-electron chi connectivity index (χ0n) is 14.9. The number of carbonyl (C=O) groups is 2. The molecular weight excluding hydrogens is 356 g/mol. The normalized spacial score (nSPS) is 17.3. The quantitative estimate of drug-likeness (QED) is 0.733. The molecule has 0 heterocycles. The van der Waals surface area contributed by atoms with Crippen LogP contribution >= 0.6 is 0 Å². The summed E-state index contributed by atoms with van der Waals surface area (Å²) in [5, 5.41) is 12.1. The van der Waals surface area contributed by atoms with E-state index in [1.165, 1.54) is 38.4 Å². The lowest BCUT2D eigenvalue weighted by Crippen LogP contribution is -2.55. The van der Waals surface area contributed by atoms with Crippen molar-refractivity contribution < 1.29 is 23.1 Å². The van der Waals surface area contributed by atoms with Crippen LogP contribution in [0.1, 0.15) is 37.7 Å². The molecule has 0 bridgehead atoms. The number of sulfonamides is 1. The van der Waals surface area contributed by atoms with E-state index in [9.17, 15) is 23.1 Å². The third-order valence-electron chi connectivity index (χ3n) is 4.56. The van der Waals surface area contributed by atoms with Gasteiger partial charge >= 0.3 is 5.97 Å². The fourth-order valence-corrected chi connectivity index (χ4v) is 3.86. The Balaban J connectivity index is 2.07. The van der Waals surface area contributed by atoms with Crippen LogP contribution in [0.25, 0.3) is 6.08 Å². The maximum Gasteiger partial charge on any atom is 0.329 e. The lowest BCUT2D eigenvalue weighted by molar-refractivity contribution is -0.148. The van der Waals surface area contributed by atoms with Gasteiger partial charge in [0.2, 0.25) is 15.9 Å². The van der Waals surface area contributed by atoms with Crippen LogP contribution in [0.5, 0.6) is 0 Å². The molecule has 1 aromatic carbocycles. The van der Waals surface area contributed by atoms with E-state index in [2.05, 4.69) is 5.32 Å². The van der Waals surface area contributed by atoms with E-state index >= 15 is 0 Å². The van der Waals surface area contributed by atoms with E-state index in [0.29, 0.717) is 18.4 Å². The van der Waals surface area contributed by atoms with Crippen LogP contribution in [0.3, 0.4) is 0 Å². The van der Waals surface area contributed by atoms with Crippen molar-refractivity contribution in [3.05, 3.63) is 35.9 Å². The zero-order chi connectivity index (χ0) is 19.4. The molecule has 142 valence electrons. The number of hydrogen-bond donors (Lipinski definition) is 2. The highest BCUT2D eigenvalue weighted by molar-refractivity contribution is 7.89. The molecule has 0 aromatic heterocycles. The summed E-state index contributed by atoms with van der Waals surface area (Å²) >= 11 is 0. The Bertz CT molecular complexity index is 791. The largest absolute Gasteiger partial charge is 0.480 e. The van der Waals surface area contributed by atoms with Crippen molar-refractivity contribution in [2.45, 2.75) is 42.5 Å². The van der Waals surface area contributed by atoms with Crippen LogP contribution in [0.4, 0.5) is 0 Å². The fraction of sp³-hybridized carbons (Fsp3) is 0.444. The van der Waals surface area contributed by atoms with Gasteiger partial charge in [0.05, 0.1) is 4.90 Å². The predicted molar refractivity (Wildman–Crippen MR) is 97.9 cm³/mol. The average Bonchev–Trinajstić information content (AvgIpc) is 2.61. The monoisotopic (exact) mass is 380 g/mol. The first-order valence-corrected chi connectivity index (χ1v) is 9.88. The standard InChI is InChI=1S/C18H24N2O5S/c1-20(2)26(24,25)15-9-6-14(7-10-15)8-11-16(21)19-18(17(22)23)12-4-3-5-13-18/h6-11H,3-5,12-13H2,1-2H3,(H,19,21)(H,22,23)/b11-8+. The van der Waals surface area contributed by atoms with Crippen LogP contribution in [0.15, 0.2) is 35.2 Å². The van der Waals surface area contributed by atoms with Crippen molar-refractivity contribution in [3.63, 3.8) is 0 Å². The van der Waals surface area contributed by atoms with E-state index in [-0.39, 0.29) is 4.90 Å². The summed E-state index contributed by atoms with van der Waals surface area (Å²) in [5.41, 5.74) is -0.547. The van der Waals surface area contributed by atoms with Crippen molar-refractivity contribution in [1.82, 2.24) is 9.62 Å². The predicted octanol–water partition coefficient (Wildman–Crippen LogP) is 1.85. The van der Waals surface area contributed by atoms with Crippen LogP contribution in [-0.4, -0.2) is 49.3 Å². The molecule has 0 spiro atoms. The molecule has 1 saturated carbocycles.